The lowest BCUT2D eigenvalue weighted by atomic mass is 10.1. The number of hydrogen-bond donors (Lipinski definition) is 1. The minimum atomic E-state index is -3.26. The smallest absolute Gasteiger partial charge is 0.214 e. The molecule has 1 aromatic rings. The molecule has 2 rings (SSSR count). The van der Waals surface area contributed by atoms with Crippen LogP contribution in [0.25, 0.3) is 0 Å². The van der Waals surface area contributed by atoms with Crippen molar-refractivity contribution in [2.45, 2.75) is 19.6 Å². The fourth-order valence-corrected chi connectivity index (χ4v) is 4.54. The molecule has 0 unspecified atom stereocenters. The molecule has 7 heteroatoms. The molecule has 0 aliphatic carbocycles. The molecule has 0 spiro atoms. The van der Waals surface area contributed by atoms with Crippen LogP contribution >= 0.6 is 11.3 Å². The van der Waals surface area contributed by atoms with Crippen molar-refractivity contribution in [1.29, 1.82) is 0 Å². The van der Waals surface area contributed by atoms with Crippen molar-refractivity contribution >= 4 is 21.4 Å². The number of likely N-dealkylation sites (tertiary alicyclic amines) is 1. The number of sulfonamides is 1. The van der Waals surface area contributed by atoms with Crippen LogP contribution in [-0.2, 0) is 16.6 Å². The Kier molecular flexibility index (Phi) is 4.86. The average Bonchev–Trinajstić information content (AvgIpc) is 2.86. The van der Waals surface area contributed by atoms with E-state index in [4.69, 9.17) is 0 Å². The van der Waals surface area contributed by atoms with Crippen molar-refractivity contribution < 1.29 is 13.5 Å². The first-order valence-electron chi connectivity index (χ1n) is 6.64. The third-order valence-corrected chi connectivity index (χ3v) is 6.59. The van der Waals surface area contributed by atoms with Gasteiger partial charge in [-0.3, -0.25) is 4.90 Å². The highest BCUT2D eigenvalue weighted by atomic mass is 32.2. The molecule has 0 radical (unpaired) electrons. The first-order chi connectivity index (χ1) is 9.28. The molecule has 20 heavy (non-hydrogen) atoms. The third-order valence-electron chi connectivity index (χ3n) is 3.64. The Morgan fingerprint density at radius 1 is 1.40 bits per heavy atom. The molecular formula is C13H22N2O3S2. The number of nitrogens with zero attached hydrogens (tertiary/aromatic N) is 2. The van der Waals surface area contributed by atoms with E-state index < -0.39 is 16.1 Å². The highest BCUT2D eigenvalue weighted by Gasteiger charge is 2.35. The van der Waals surface area contributed by atoms with E-state index >= 15 is 0 Å². The van der Waals surface area contributed by atoms with E-state index in [-0.39, 0.29) is 11.7 Å². The molecule has 0 saturated carbocycles. The summed E-state index contributed by atoms with van der Waals surface area (Å²) in [7, 11) is -0.196. The molecule has 1 N–H and O–H groups in total. The summed E-state index contributed by atoms with van der Waals surface area (Å²) in [5.74, 6) is -0.190. The van der Waals surface area contributed by atoms with Crippen LogP contribution in [0, 0.1) is 12.8 Å². The number of hydrogen-bond acceptors (Lipinski definition) is 5. The molecule has 0 amide bonds. The molecule has 1 saturated heterocycles. The quantitative estimate of drug-likeness (QED) is 0.870. The molecule has 1 aliphatic heterocycles. The van der Waals surface area contributed by atoms with Gasteiger partial charge in [0.05, 0.1) is 11.9 Å². The average molecular weight is 318 g/mol. The molecule has 1 fully saturated rings. The number of aryl methyl sites for hydroxylation is 1. The molecule has 2 atom stereocenters. The minimum Gasteiger partial charge on any atom is -0.391 e. The molecule has 114 valence electrons. The minimum absolute atomic E-state index is 0.0150. The Morgan fingerprint density at radius 2 is 2.10 bits per heavy atom. The van der Waals surface area contributed by atoms with Gasteiger partial charge in [0.2, 0.25) is 10.0 Å². The van der Waals surface area contributed by atoms with Gasteiger partial charge >= 0.3 is 0 Å². The first kappa shape index (κ1) is 15.9. The van der Waals surface area contributed by atoms with E-state index in [1.807, 2.05) is 0 Å². The maximum absolute atomic E-state index is 11.9. The summed E-state index contributed by atoms with van der Waals surface area (Å²) >= 11 is 1.75. The van der Waals surface area contributed by atoms with E-state index in [0.717, 1.165) is 6.54 Å². The van der Waals surface area contributed by atoms with Crippen LogP contribution in [0.2, 0.25) is 0 Å². The summed E-state index contributed by atoms with van der Waals surface area (Å²) in [4.78, 5) is 4.66. The predicted octanol–water partition coefficient (Wildman–Crippen LogP) is 0.741. The van der Waals surface area contributed by atoms with E-state index in [1.54, 1.807) is 11.3 Å². The monoisotopic (exact) mass is 318 g/mol. The molecule has 5 nitrogen and oxygen atoms in total. The first-order valence-corrected chi connectivity index (χ1v) is 9.06. The number of thiophene rings is 1. The second-order valence-electron chi connectivity index (χ2n) is 5.59. The number of rotatable bonds is 5. The van der Waals surface area contributed by atoms with Gasteiger partial charge in [0, 0.05) is 49.4 Å². The Morgan fingerprint density at radius 3 is 2.65 bits per heavy atom. The standard InChI is InChI=1S/C13H22N2O3S2/c1-10-4-5-12(19-10)7-15-6-11(13(16)8-15)9-20(17,18)14(2)3/h4-5,11,13,16H,6-9H2,1-3H3/t11-,13+/m0/s1. The molecule has 0 bridgehead atoms. The van der Waals surface area contributed by atoms with Crippen LogP contribution in [0.15, 0.2) is 12.1 Å². The van der Waals surface area contributed by atoms with Gasteiger partial charge < -0.3 is 5.11 Å². The van der Waals surface area contributed by atoms with Crippen molar-refractivity contribution in [3.8, 4) is 0 Å². The maximum atomic E-state index is 11.9. The van der Waals surface area contributed by atoms with Gasteiger partial charge in [0.25, 0.3) is 0 Å². The molecule has 1 aromatic heterocycles. The predicted molar refractivity (Wildman–Crippen MR) is 81.3 cm³/mol. The summed E-state index contributed by atoms with van der Waals surface area (Å²) in [6.07, 6.45) is -0.564. The van der Waals surface area contributed by atoms with Crippen molar-refractivity contribution in [3.63, 3.8) is 0 Å². The van der Waals surface area contributed by atoms with Crippen LogP contribution in [0.3, 0.4) is 0 Å². The lowest BCUT2D eigenvalue weighted by Gasteiger charge is -2.17. The summed E-state index contributed by atoms with van der Waals surface area (Å²) in [5.41, 5.74) is 0. The van der Waals surface area contributed by atoms with Gasteiger partial charge in [0.1, 0.15) is 0 Å². The van der Waals surface area contributed by atoms with Gasteiger partial charge in [-0.1, -0.05) is 0 Å². The topological polar surface area (TPSA) is 60.9 Å². The zero-order chi connectivity index (χ0) is 14.9. The highest BCUT2D eigenvalue weighted by molar-refractivity contribution is 7.89. The number of aliphatic hydroxyl groups is 1. The second-order valence-corrected chi connectivity index (χ2v) is 9.19. The Balaban J connectivity index is 1.95. The lowest BCUT2D eigenvalue weighted by Crippen LogP contribution is -2.33. The second kappa shape index (κ2) is 6.11. The summed E-state index contributed by atoms with van der Waals surface area (Å²) < 4.78 is 25.0. The molecule has 1 aliphatic rings. The lowest BCUT2D eigenvalue weighted by molar-refractivity contribution is 0.148. The zero-order valence-electron chi connectivity index (χ0n) is 12.1. The third kappa shape index (κ3) is 3.79. The SMILES string of the molecule is Cc1ccc(CN2C[C@@H](CS(=O)(=O)N(C)C)[C@H](O)C2)s1. The van der Waals surface area contributed by atoms with Crippen LogP contribution < -0.4 is 0 Å². The maximum Gasteiger partial charge on any atom is 0.214 e. The molecule has 2 heterocycles. The van der Waals surface area contributed by atoms with Crippen LogP contribution in [0.1, 0.15) is 9.75 Å². The summed E-state index contributed by atoms with van der Waals surface area (Å²) in [6, 6.07) is 4.18. The Bertz CT molecular complexity index is 554. The van der Waals surface area contributed by atoms with Gasteiger partial charge in [-0.25, -0.2) is 12.7 Å². The molecular weight excluding hydrogens is 296 g/mol. The van der Waals surface area contributed by atoms with Crippen LogP contribution in [0.5, 0.6) is 0 Å². The van der Waals surface area contributed by atoms with Gasteiger partial charge in [-0.05, 0) is 19.1 Å². The van der Waals surface area contributed by atoms with E-state index in [9.17, 15) is 13.5 Å². The van der Waals surface area contributed by atoms with Crippen LogP contribution in [-0.4, -0.2) is 61.8 Å². The van der Waals surface area contributed by atoms with E-state index in [0.29, 0.717) is 13.1 Å². The highest BCUT2D eigenvalue weighted by Crippen LogP contribution is 2.24. The van der Waals surface area contributed by atoms with E-state index in [2.05, 4.69) is 24.0 Å². The van der Waals surface area contributed by atoms with Gasteiger partial charge in [0.15, 0.2) is 0 Å². The Labute approximate surface area is 124 Å². The number of β-amino-alcohol motifs (C(OH)–C–C–N with tert-alkyl or cyclic N) is 1. The van der Waals surface area contributed by atoms with Gasteiger partial charge in [-0.15, -0.1) is 11.3 Å². The van der Waals surface area contributed by atoms with Crippen molar-refractivity contribution in [1.82, 2.24) is 9.21 Å². The van der Waals surface area contributed by atoms with E-state index in [1.165, 1.54) is 28.2 Å². The fraction of sp³-hybridized carbons (Fsp3) is 0.692. The largest absolute Gasteiger partial charge is 0.391 e. The normalized spacial score (nSPS) is 24.6. The van der Waals surface area contributed by atoms with Crippen molar-refractivity contribution in [2.24, 2.45) is 5.92 Å². The fourth-order valence-electron chi connectivity index (χ4n) is 2.44. The van der Waals surface area contributed by atoms with Gasteiger partial charge in [-0.2, -0.15) is 0 Å². The zero-order valence-corrected chi connectivity index (χ0v) is 13.7. The van der Waals surface area contributed by atoms with Crippen LogP contribution in [0.4, 0.5) is 0 Å². The number of aliphatic hydroxyl groups excluding tert-OH is 1. The summed E-state index contributed by atoms with van der Waals surface area (Å²) in [5, 5.41) is 10.1. The van der Waals surface area contributed by atoms with Crippen molar-refractivity contribution in [3.05, 3.63) is 21.9 Å². The summed E-state index contributed by atoms with van der Waals surface area (Å²) in [6.45, 7) is 4.03. The molecule has 0 aromatic carbocycles. The Hall–Kier alpha value is -0.470. The van der Waals surface area contributed by atoms with Crippen molar-refractivity contribution in [2.75, 3.05) is 32.9 Å².